The van der Waals surface area contributed by atoms with E-state index in [1.807, 2.05) is 24.3 Å². The zero-order valence-corrected chi connectivity index (χ0v) is 13.8. The molecule has 1 amide bonds. The first-order valence-corrected chi connectivity index (χ1v) is 7.88. The van der Waals surface area contributed by atoms with Crippen molar-refractivity contribution in [2.24, 2.45) is 0 Å². The van der Waals surface area contributed by atoms with Crippen molar-refractivity contribution in [3.63, 3.8) is 0 Å². The lowest BCUT2D eigenvalue weighted by atomic mass is 9.97. The molecule has 0 radical (unpaired) electrons. The van der Waals surface area contributed by atoms with Gasteiger partial charge in [-0.3, -0.25) is 14.9 Å². The standard InChI is InChI=1S/C18H21N3O3/c1-3-13(2)16-9-4-5-10-17(16)20-18(22)12-19-14-7-6-8-15(11-14)21(23)24/h4-11,13,19H,3,12H2,1-2H3,(H,20,22)/t13-/m1/s1. The molecule has 0 heterocycles. The van der Waals surface area contributed by atoms with Gasteiger partial charge in [-0.15, -0.1) is 0 Å². The van der Waals surface area contributed by atoms with Crippen LogP contribution < -0.4 is 10.6 Å². The van der Waals surface area contributed by atoms with E-state index in [0.29, 0.717) is 11.6 Å². The minimum atomic E-state index is -0.465. The van der Waals surface area contributed by atoms with Crippen molar-refractivity contribution >= 4 is 23.0 Å². The lowest BCUT2D eigenvalue weighted by Gasteiger charge is -2.16. The number of hydrogen-bond acceptors (Lipinski definition) is 4. The maximum atomic E-state index is 12.2. The number of carbonyl (C=O) groups excluding carboxylic acids is 1. The zero-order chi connectivity index (χ0) is 17.5. The minimum Gasteiger partial charge on any atom is -0.376 e. The lowest BCUT2D eigenvalue weighted by Crippen LogP contribution is -2.22. The second-order valence-electron chi connectivity index (χ2n) is 5.61. The molecule has 0 aliphatic carbocycles. The molecular formula is C18H21N3O3. The normalized spacial score (nSPS) is 11.6. The summed E-state index contributed by atoms with van der Waals surface area (Å²) in [5.41, 5.74) is 2.43. The monoisotopic (exact) mass is 327 g/mol. The van der Waals surface area contributed by atoms with Crippen LogP contribution in [0.2, 0.25) is 0 Å². The molecule has 0 aliphatic rings. The first-order chi connectivity index (χ1) is 11.5. The molecule has 0 bridgehead atoms. The van der Waals surface area contributed by atoms with Crippen molar-refractivity contribution in [3.05, 3.63) is 64.2 Å². The van der Waals surface area contributed by atoms with Gasteiger partial charge in [-0.1, -0.05) is 38.1 Å². The number of non-ortho nitro benzene ring substituents is 1. The first-order valence-electron chi connectivity index (χ1n) is 7.88. The summed E-state index contributed by atoms with van der Waals surface area (Å²) in [7, 11) is 0. The van der Waals surface area contributed by atoms with Crippen LogP contribution in [-0.4, -0.2) is 17.4 Å². The molecule has 0 saturated heterocycles. The summed E-state index contributed by atoms with van der Waals surface area (Å²) in [6, 6.07) is 13.8. The van der Waals surface area contributed by atoms with Gasteiger partial charge in [-0.2, -0.15) is 0 Å². The number of nitrogens with zero attached hydrogens (tertiary/aromatic N) is 1. The van der Waals surface area contributed by atoms with E-state index < -0.39 is 4.92 Å². The van der Waals surface area contributed by atoms with Crippen LogP contribution in [0.3, 0.4) is 0 Å². The Balaban J connectivity index is 1.99. The third-order valence-electron chi connectivity index (χ3n) is 3.89. The van der Waals surface area contributed by atoms with Gasteiger partial charge < -0.3 is 10.6 Å². The van der Waals surface area contributed by atoms with Crippen molar-refractivity contribution < 1.29 is 9.72 Å². The van der Waals surface area contributed by atoms with Crippen LogP contribution in [0.4, 0.5) is 17.1 Å². The second-order valence-corrected chi connectivity index (χ2v) is 5.61. The summed E-state index contributed by atoms with van der Waals surface area (Å²) in [6.45, 7) is 4.26. The molecule has 0 fully saturated rings. The topological polar surface area (TPSA) is 84.3 Å². The minimum absolute atomic E-state index is 0.0116. The van der Waals surface area contributed by atoms with E-state index in [1.54, 1.807) is 12.1 Å². The Morgan fingerprint density at radius 2 is 1.96 bits per heavy atom. The van der Waals surface area contributed by atoms with E-state index in [2.05, 4.69) is 24.5 Å². The molecule has 2 rings (SSSR count). The predicted octanol–water partition coefficient (Wildman–Crippen LogP) is 4.16. The summed E-state index contributed by atoms with van der Waals surface area (Å²) in [4.78, 5) is 22.5. The Morgan fingerprint density at radius 1 is 1.21 bits per heavy atom. The number of anilines is 2. The second kappa shape index (κ2) is 8.10. The summed E-state index contributed by atoms with van der Waals surface area (Å²) in [5.74, 6) is 0.156. The van der Waals surface area contributed by atoms with Crippen molar-refractivity contribution in [1.82, 2.24) is 0 Å². The van der Waals surface area contributed by atoms with Crippen molar-refractivity contribution in [1.29, 1.82) is 0 Å². The third-order valence-corrected chi connectivity index (χ3v) is 3.89. The van der Waals surface area contributed by atoms with Crippen LogP contribution in [0, 0.1) is 10.1 Å². The number of amides is 1. The fourth-order valence-corrected chi connectivity index (χ4v) is 2.37. The molecule has 0 spiro atoms. The number of nitro groups is 1. The molecule has 126 valence electrons. The number of benzene rings is 2. The molecule has 2 aromatic rings. The Bertz CT molecular complexity index is 731. The van der Waals surface area contributed by atoms with Crippen LogP contribution in [0.15, 0.2) is 48.5 Å². The van der Waals surface area contributed by atoms with E-state index in [1.165, 1.54) is 12.1 Å². The van der Waals surface area contributed by atoms with Crippen LogP contribution in [0.25, 0.3) is 0 Å². The van der Waals surface area contributed by atoms with Gasteiger partial charge in [0.05, 0.1) is 11.5 Å². The van der Waals surface area contributed by atoms with Crippen LogP contribution >= 0.6 is 0 Å². The molecule has 1 atom stereocenters. The van der Waals surface area contributed by atoms with Gasteiger partial charge in [0.1, 0.15) is 0 Å². The van der Waals surface area contributed by atoms with Crippen LogP contribution in [0.5, 0.6) is 0 Å². The maximum absolute atomic E-state index is 12.2. The van der Waals surface area contributed by atoms with E-state index in [0.717, 1.165) is 17.7 Å². The molecule has 0 aromatic heterocycles. The lowest BCUT2D eigenvalue weighted by molar-refractivity contribution is -0.384. The number of rotatable bonds is 7. The highest BCUT2D eigenvalue weighted by atomic mass is 16.6. The summed E-state index contributed by atoms with van der Waals surface area (Å²) >= 11 is 0. The van der Waals surface area contributed by atoms with Crippen LogP contribution in [0.1, 0.15) is 31.7 Å². The van der Waals surface area contributed by atoms with E-state index in [9.17, 15) is 14.9 Å². The Kier molecular flexibility index (Phi) is 5.89. The average Bonchev–Trinajstić information content (AvgIpc) is 2.60. The van der Waals surface area contributed by atoms with Crippen molar-refractivity contribution in [3.8, 4) is 0 Å². The largest absolute Gasteiger partial charge is 0.376 e. The molecule has 0 aliphatic heterocycles. The molecule has 6 nitrogen and oxygen atoms in total. The number of hydrogen-bond donors (Lipinski definition) is 2. The van der Waals surface area contributed by atoms with Gasteiger partial charge in [-0.05, 0) is 30.0 Å². The van der Waals surface area contributed by atoms with Gasteiger partial charge >= 0.3 is 0 Å². The summed E-state index contributed by atoms with van der Waals surface area (Å²) in [5, 5.41) is 16.6. The van der Waals surface area contributed by atoms with Gasteiger partial charge in [0.15, 0.2) is 0 Å². The average molecular weight is 327 g/mol. The first kappa shape index (κ1) is 17.5. The Morgan fingerprint density at radius 3 is 2.67 bits per heavy atom. The fourth-order valence-electron chi connectivity index (χ4n) is 2.37. The fraction of sp³-hybridized carbons (Fsp3) is 0.278. The molecular weight excluding hydrogens is 306 g/mol. The molecule has 0 saturated carbocycles. The number of nitro benzene ring substituents is 1. The highest BCUT2D eigenvalue weighted by molar-refractivity contribution is 5.94. The van der Waals surface area contributed by atoms with Crippen LogP contribution in [-0.2, 0) is 4.79 Å². The molecule has 0 unspecified atom stereocenters. The van der Waals surface area contributed by atoms with Gasteiger partial charge in [0.2, 0.25) is 5.91 Å². The zero-order valence-electron chi connectivity index (χ0n) is 13.8. The molecule has 2 aromatic carbocycles. The van der Waals surface area contributed by atoms with Gasteiger partial charge in [-0.25, -0.2) is 0 Å². The number of para-hydroxylation sites is 1. The van der Waals surface area contributed by atoms with E-state index in [-0.39, 0.29) is 18.1 Å². The highest BCUT2D eigenvalue weighted by Gasteiger charge is 2.11. The van der Waals surface area contributed by atoms with Gasteiger partial charge in [0, 0.05) is 23.5 Å². The maximum Gasteiger partial charge on any atom is 0.271 e. The summed E-state index contributed by atoms with van der Waals surface area (Å²) < 4.78 is 0. The van der Waals surface area contributed by atoms with Crippen molar-refractivity contribution in [2.75, 3.05) is 17.2 Å². The number of carbonyl (C=O) groups is 1. The predicted molar refractivity (Wildman–Crippen MR) is 95.4 cm³/mol. The smallest absolute Gasteiger partial charge is 0.271 e. The SMILES string of the molecule is CC[C@@H](C)c1ccccc1NC(=O)CNc1cccc([N+](=O)[O-])c1. The Labute approximate surface area is 141 Å². The van der Waals surface area contributed by atoms with Gasteiger partial charge in [0.25, 0.3) is 5.69 Å². The molecule has 6 heteroatoms. The third kappa shape index (κ3) is 4.55. The molecule has 2 N–H and O–H groups in total. The van der Waals surface area contributed by atoms with E-state index in [4.69, 9.17) is 0 Å². The van der Waals surface area contributed by atoms with Crippen molar-refractivity contribution in [2.45, 2.75) is 26.2 Å². The molecule has 24 heavy (non-hydrogen) atoms. The quantitative estimate of drug-likeness (QED) is 0.591. The Hall–Kier alpha value is -2.89. The highest BCUT2D eigenvalue weighted by Crippen LogP contribution is 2.26. The van der Waals surface area contributed by atoms with E-state index >= 15 is 0 Å². The number of nitrogens with one attached hydrogen (secondary N) is 2. The summed E-state index contributed by atoms with van der Waals surface area (Å²) in [6.07, 6.45) is 0.985.